The number of hydrogen-bond donors (Lipinski definition) is 0. The Bertz CT molecular complexity index is 939. The average Bonchev–Trinajstić information content (AvgIpc) is 2.98. The standard InChI is InChI=1S/C23H22O5/c1-15(2)27-21(24)14-26-19-13-12-18-22(25)20(28-23(18)16(19)3)11-7-10-17-8-5-4-6-9-17/h4-13,15H,14H2,1-3H3/b10-7+,20-11-. The van der Waals surface area contributed by atoms with Crippen molar-refractivity contribution < 1.29 is 23.8 Å². The molecule has 0 amide bonds. The number of carbonyl (C=O) groups is 2. The fraction of sp³-hybridized carbons (Fsp3) is 0.217. The Morgan fingerprint density at radius 2 is 1.89 bits per heavy atom. The van der Waals surface area contributed by atoms with Crippen LogP contribution in [0.25, 0.3) is 6.08 Å². The minimum atomic E-state index is -0.446. The van der Waals surface area contributed by atoms with Crippen LogP contribution >= 0.6 is 0 Å². The molecule has 0 bridgehead atoms. The van der Waals surface area contributed by atoms with Crippen molar-refractivity contribution in [3.8, 4) is 11.5 Å². The van der Waals surface area contributed by atoms with Crippen molar-refractivity contribution in [3.63, 3.8) is 0 Å². The number of rotatable bonds is 6. The molecule has 5 nitrogen and oxygen atoms in total. The lowest BCUT2D eigenvalue weighted by Crippen LogP contribution is -2.19. The highest BCUT2D eigenvalue weighted by Gasteiger charge is 2.29. The molecule has 1 aliphatic rings. The Labute approximate surface area is 164 Å². The van der Waals surface area contributed by atoms with Gasteiger partial charge in [-0.25, -0.2) is 4.79 Å². The van der Waals surface area contributed by atoms with Crippen LogP contribution in [0.5, 0.6) is 11.5 Å². The summed E-state index contributed by atoms with van der Waals surface area (Å²) in [5.74, 6) is 0.564. The molecular formula is C23H22O5. The van der Waals surface area contributed by atoms with E-state index in [-0.39, 0.29) is 24.3 Å². The van der Waals surface area contributed by atoms with E-state index in [1.807, 2.05) is 36.4 Å². The summed E-state index contributed by atoms with van der Waals surface area (Å²) in [5.41, 5.74) is 2.18. The van der Waals surface area contributed by atoms with Crippen molar-refractivity contribution >= 4 is 17.8 Å². The van der Waals surface area contributed by atoms with E-state index in [4.69, 9.17) is 14.2 Å². The van der Waals surface area contributed by atoms with Crippen molar-refractivity contribution in [1.82, 2.24) is 0 Å². The highest BCUT2D eigenvalue weighted by atomic mass is 16.6. The van der Waals surface area contributed by atoms with Gasteiger partial charge in [0.2, 0.25) is 5.78 Å². The third-order valence-electron chi connectivity index (χ3n) is 4.09. The maximum absolute atomic E-state index is 12.5. The van der Waals surface area contributed by atoms with E-state index in [9.17, 15) is 9.59 Å². The molecule has 0 aliphatic carbocycles. The van der Waals surface area contributed by atoms with Gasteiger partial charge in [-0.1, -0.05) is 42.5 Å². The summed E-state index contributed by atoms with van der Waals surface area (Å²) >= 11 is 0. The molecule has 0 atom stereocenters. The fourth-order valence-corrected chi connectivity index (χ4v) is 2.78. The van der Waals surface area contributed by atoms with E-state index in [2.05, 4.69) is 0 Å². The Kier molecular flexibility index (Phi) is 5.94. The number of carbonyl (C=O) groups excluding carboxylic acids is 2. The van der Waals surface area contributed by atoms with E-state index < -0.39 is 5.97 Å². The average molecular weight is 378 g/mol. The molecule has 0 N–H and O–H groups in total. The molecule has 28 heavy (non-hydrogen) atoms. The van der Waals surface area contributed by atoms with Gasteiger partial charge < -0.3 is 14.2 Å². The Morgan fingerprint density at radius 3 is 2.61 bits per heavy atom. The normalized spacial score (nSPS) is 14.4. The molecule has 144 valence electrons. The van der Waals surface area contributed by atoms with Gasteiger partial charge in [0, 0.05) is 5.56 Å². The first kappa shape index (κ1) is 19.4. The molecule has 0 saturated carbocycles. The van der Waals surface area contributed by atoms with Gasteiger partial charge in [0.1, 0.15) is 11.5 Å². The second kappa shape index (κ2) is 8.57. The van der Waals surface area contributed by atoms with Crippen LogP contribution in [0.3, 0.4) is 0 Å². The minimum Gasteiger partial charge on any atom is -0.481 e. The molecule has 3 rings (SSSR count). The van der Waals surface area contributed by atoms with Gasteiger partial charge >= 0.3 is 5.97 Å². The van der Waals surface area contributed by atoms with E-state index in [1.54, 1.807) is 45.1 Å². The molecule has 5 heteroatoms. The molecule has 0 fully saturated rings. The smallest absolute Gasteiger partial charge is 0.344 e. The summed E-state index contributed by atoms with van der Waals surface area (Å²) in [5, 5.41) is 0. The summed E-state index contributed by atoms with van der Waals surface area (Å²) in [7, 11) is 0. The van der Waals surface area contributed by atoms with Gasteiger partial charge in [-0.05, 0) is 44.5 Å². The molecule has 0 spiro atoms. The minimum absolute atomic E-state index is 0.179. The summed E-state index contributed by atoms with van der Waals surface area (Å²) in [4.78, 5) is 24.2. The van der Waals surface area contributed by atoms with Crippen LogP contribution < -0.4 is 9.47 Å². The molecule has 0 radical (unpaired) electrons. The summed E-state index contributed by atoms with van der Waals surface area (Å²) in [6, 6.07) is 13.1. The van der Waals surface area contributed by atoms with Crippen molar-refractivity contribution in [2.24, 2.45) is 0 Å². The van der Waals surface area contributed by atoms with E-state index in [1.165, 1.54) is 0 Å². The summed E-state index contributed by atoms with van der Waals surface area (Å²) in [6.45, 7) is 5.14. The first-order valence-corrected chi connectivity index (χ1v) is 9.07. The second-order valence-corrected chi connectivity index (χ2v) is 6.62. The molecule has 1 aliphatic heterocycles. The highest BCUT2D eigenvalue weighted by molar-refractivity contribution is 6.12. The van der Waals surface area contributed by atoms with Crippen LogP contribution in [0.2, 0.25) is 0 Å². The second-order valence-electron chi connectivity index (χ2n) is 6.62. The first-order valence-electron chi connectivity index (χ1n) is 9.07. The van der Waals surface area contributed by atoms with Crippen LogP contribution in [0, 0.1) is 6.92 Å². The number of ketones is 1. The summed E-state index contributed by atoms with van der Waals surface area (Å²) < 4.78 is 16.4. The molecule has 1 heterocycles. The van der Waals surface area contributed by atoms with Crippen molar-refractivity contribution in [2.45, 2.75) is 26.9 Å². The van der Waals surface area contributed by atoms with Gasteiger partial charge in [0.25, 0.3) is 0 Å². The lowest BCUT2D eigenvalue weighted by molar-refractivity contribution is -0.149. The Balaban J connectivity index is 1.72. The van der Waals surface area contributed by atoms with Gasteiger partial charge in [-0.3, -0.25) is 4.79 Å². The van der Waals surface area contributed by atoms with E-state index >= 15 is 0 Å². The summed E-state index contributed by atoms with van der Waals surface area (Å²) in [6.07, 6.45) is 5.13. The zero-order chi connectivity index (χ0) is 20.1. The number of fused-ring (bicyclic) bond motifs is 1. The van der Waals surface area contributed by atoms with Crippen molar-refractivity contribution in [2.75, 3.05) is 6.61 Å². The maximum Gasteiger partial charge on any atom is 0.344 e. The van der Waals surface area contributed by atoms with Crippen LogP contribution in [0.4, 0.5) is 0 Å². The van der Waals surface area contributed by atoms with E-state index in [0.717, 1.165) is 5.56 Å². The molecular weight excluding hydrogens is 356 g/mol. The molecule has 2 aromatic carbocycles. The molecule has 2 aromatic rings. The zero-order valence-electron chi connectivity index (χ0n) is 16.1. The molecule has 0 aromatic heterocycles. The first-order chi connectivity index (χ1) is 13.5. The maximum atomic E-state index is 12.5. The number of ether oxygens (including phenoxy) is 3. The van der Waals surface area contributed by atoms with Crippen molar-refractivity contribution in [1.29, 1.82) is 0 Å². The van der Waals surface area contributed by atoms with Crippen LogP contribution in [0.15, 0.2) is 60.4 Å². The van der Waals surface area contributed by atoms with Gasteiger partial charge in [0.15, 0.2) is 12.4 Å². The quantitative estimate of drug-likeness (QED) is 0.547. The number of benzene rings is 2. The third-order valence-corrected chi connectivity index (χ3v) is 4.09. The third kappa shape index (κ3) is 4.49. The topological polar surface area (TPSA) is 61.8 Å². The number of Topliss-reactive ketones (excluding diaryl/α,β-unsaturated/α-hetero) is 1. The van der Waals surface area contributed by atoms with Crippen molar-refractivity contribution in [3.05, 3.63) is 77.1 Å². The Morgan fingerprint density at radius 1 is 1.14 bits per heavy atom. The lowest BCUT2D eigenvalue weighted by atomic mass is 10.1. The SMILES string of the molecule is Cc1c(OCC(=O)OC(C)C)ccc2c1O/C(=C\C=C\c1ccccc1)C2=O. The predicted octanol–water partition coefficient (Wildman–Crippen LogP) is 4.50. The number of esters is 1. The zero-order valence-corrected chi connectivity index (χ0v) is 16.1. The van der Waals surface area contributed by atoms with Crippen LogP contribution in [-0.2, 0) is 9.53 Å². The van der Waals surface area contributed by atoms with Crippen LogP contribution in [0.1, 0.15) is 35.3 Å². The largest absolute Gasteiger partial charge is 0.481 e. The lowest BCUT2D eigenvalue weighted by Gasteiger charge is -2.12. The monoisotopic (exact) mass is 378 g/mol. The number of hydrogen-bond acceptors (Lipinski definition) is 5. The highest BCUT2D eigenvalue weighted by Crippen LogP contribution is 2.38. The molecule has 0 saturated heterocycles. The number of allylic oxidation sites excluding steroid dienone is 3. The Hall–Kier alpha value is -3.34. The van der Waals surface area contributed by atoms with Crippen LogP contribution in [-0.4, -0.2) is 24.5 Å². The van der Waals surface area contributed by atoms with Gasteiger partial charge in [-0.15, -0.1) is 0 Å². The fourth-order valence-electron chi connectivity index (χ4n) is 2.78. The molecule has 0 unspecified atom stereocenters. The predicted molar refractivity (Wildman–Crippen MR) is 106 cm³/mol. The van der Waals surface area contributed by atoms with E-state index in [0.29, 0.717) is 22.6 Å². The van der Waals surface area contributed by atoms with Gasteiger partial charge in [-0.2, -0.15) is 0 Å². The van der Waals surface area contributed by atoms with Gasteiger partial charge in [0.05, 0.1) is 11.7 Å².